The standard InChI is InChI=1S/C28H26N4O3/c1-2-23(33)32-16-13-19(14-17-32)25-22-12-15-30-27(22)24(28(29)34)26(31-25)18-8-10-21(11-9-18)35-20-6-4-3-5-7-20/h2-12,15,19,30H,1,13-14,16-17H2,(H2,29,34). The third-order valence-electron chi connectivity index (χ3n) is 6.46. The van der Waals surface area contributed by atoms with Gasteiger partial charge >= 0.3 is 0 Å². The van der Waals surface area contributed by atoms with E-state index in [1.54, 1.807) is 6.20 Å². The van der Waals surface area contributed by atoms with Crippen molar-refractivity contribution in [2.24, 2.45) is 5.73 Å². The molecule has 0 spiro atoms. The van der Waals surface area contributed by atoms with Gasteiger partial charge in [0.25, 0.3) is 5.91 Å². The molecule has 7 heteroatoms. The van der Waals surface area contributed by atoms with Gasteiger partial charge in [-0.05, 0) is 61.4 Å². The maximum absolute atomic E-state index is 12.5. The highest BCUT2D eigenvalue weighted by Gasteiger charge is 2.28. The highest BCUT2D eigenvalue weighted by molar-refractivity contribution is 6.10. The monoisotopic (exact) mass is 466 g/mol. The molecule has 2 aromatic carbocycles. The average molecular weight is 467 g/mol. The number of nitrogens with two attached hydrogens (primary N) is 1. The first-order chi connectivity index (χ1) is 17.0. The van der Waals surface area contributed by atoms with E-state index in [4.69, 9.17) is 15.5 Å². The van der Waals surface area contributed by atoms with Crippen LogP contribution in [0.15, 0.2) is 79.5 Å². The van der Waals surface area contributed by atoms with Gasteiger partial charge in [0.05, 0.1) is 22.5 Å². The molecule has 0 unspecified atom stereocenters. The van der Waals surface area contributed by atoms with Crippen molar-refractivity contribution in [3.05, 3.63) is 90.8 Å². The SMILES string of the molecule is C=CC(=O)N1CCC(c2nc(-c3ccc(Oc4ccccc4)cc3)c(C(N)=O)c3[nH]ccc23)CC1. The first-order valence-corrected chi connectivity index (χ1v) is 11.6. The molecular formula is C28H26N4O3. The molecule has 0 bridgehead atoms. The number of primary amides is 1. The van der Waals surface area contributed by atoms with Gasteiger partial charge in [0.15, 0.2) is 0 Å². The number of aromatic amines is 1. The third kappa shape index (κ3) is 4.40. The molecule has 0 aliphatic carbocycles. The van der Waals surface area contributed by atoms with Gasteiger partial charge in [0.2, 0.25) is 5.91 Å². The number of fused-ring (bicyclic) bond motifs is 1. The Balaban J connectivity index is 1.51. The minimum absolute atomic E-state index is 0.0502. The second-order valence-electron chi connectivity index (χ2n) is 8.59. The number of carbonyl (C=O) groups is 2. The van der Waals surface area contributed by atoms with Crippen LogP contribution in [0.2, 0.25) is 0 Å². The number of hydrogen-bond donors (Lipinski definition) is 2. The lowest BCUT2D eigenvalue weighted by molar-refractivity contribution is -0.127. The molecule has 1 fully saturated rings. The van der Waals surface area contributed by atoms with E-state index in [1.165, 1.54) is 6.08 Å². The molecule has 0 saturated carbocycles. The van der Waals surface area contributed by atoms with Crippen molar-refractivity contribution in [1.29, 1.82) is 0 Å². The van der Waals surface area contributed by atoms with Crippen molar-refractivity contribution in [3.63, 3.8) is 0 Å². The average Bonchev–Trinajstić information content (AvgIpc) is 3.38. The minimum Gasteiger partial charge on any atom is -0.457 e. The van der Waals surface area contributed by atoms with Gasteiger partial charge in [-0.15, -0.1) is 0 Å². The quantitative estimate of drug-likeness (QED) is 0.390. The topological polar surface area (TPSA) is 101 Å². The van der Waals surface area contributed by atoms with Gasteiger partial charge in [-0.25, -0.2) is 0 Å². The van der Waals surface area contributed by atoms with Gasteiger partial charge in [-0.1, -0.05) is 24.8 Å². The van der Waals surface area contributed by atoms with E-state index in [0.717, 1.165) is 35.2 Å². The summed E-state index contributed by atoms with van der Waals surface area (Å²) in [6.45, 7) is 4.87. The van der Waals surface area contributed by atoms with Crippen LogP contribution in [0.25, 0.3) is 22.2 Å². The zero-order chi connectivity index (χ0) is 24.4. The fourth-order valence-electron chi connectivity index (χ4n) is 4.71. The zero-order valence-corrected chi connectivity index (χ0v) is 19.2. The molecule has 1 saturated heterocycles. The Morgan fingerprint density at radius 3 is 2.37 bits per heavy atom. The van der Waals surface area contributed by atoms with Gasteiger partial charge in [-0.2, -0.15) is 0 Å². The van der Waals surface area contributed by atoms with Crippen molar-refractivity contribution in [1.82, 2.24) is 14.9 Å². The van der Waals surface area contributed by atoms with Gasteiger partial charge < -0.3 is 20.4 Å². The number of H-pyrrole nitrogens is 1. The maximum atomic E-state index is 12.5. The van der Waals surface area contributed by atoms with Crippen LogP contribution in [0.3, 0.4) is 0 Å². The number of nitrogens with one attached hydrogen (secondary N) is 1. The number of aromatic nitrogens is 2. The Morgan fingerprint density at radius 2 is 1.71 bits per heavy atom. The summed E-state index contributed by atoms with van der Waals surface area (Å²) in [6, 6.07) is 19.0. The molecule has 0 atom stereocenters. The van der Waals surface area contributed by atoms with Crippen LogP contribution >= 0.6 is 0 Å². The lowest BCUT2D eigenvalue weighted by Gasteiger charge is -2.31. The summed E-state index contributed by atoms with van der Waals surface area (Å²) >= 11 is 0. The largest absolute Gasteiger partial charge is 0.457 e. The van der Waals surface area contributed by atoms with E-state index in [1.807, 2.05) is 65.6 Å². The number of ether oxygens (including phenoxy) is 1. The molecule has 0 radical (unpaired) electrons. The number of piperidine rings is 1. The molecule has 1 aliphatic rings. The predicted molar refractivity (Wildman–Crippen MR) is 135 cm³/mol. The van der Waals surface area contributed by atoms with E-state index in [0.29, 0.717) is 35.6 Å². The highest BCUT2D eigenvalue weighted by atomic mass is 16.5. The van der Waals surface area contributed by atoms with E-state index >= 15 is 0 Å². The summed E-state index contributed by atoms with van der Waals surface area (Å²) in [4.78, 5) is 34.6. The van der Waals surface area contributed by atoms with Gasteiger partial charge in [-0.3, -0.25) is 14.6 Å². The molecule has 3 heterocycles. The van der Waals surface area contributed by atoms with E-state index in [9.17, 15) is 9.59 Å². The number of pyridine rings is 1. The van der Waals surface area contributed by atoms with E-state index in [2.05, 4.69) is 11.6 Å². The molecule has 7 nitrogen and oxygen atoms in total. The molecule has 35 heavy (non-hydrogen) atoms. The van der Waals surface area contributed by atoms with E-state index in [-0.39, 0.29) is 11.8 Å². The molecule has 1 aliphatic heterocycles. The highest BCUT2D eigenvalue weighted by Crippen LogP contribution is 2.37. The number of benzene rings is 2. The van der Waals surface area contributed by atoms with Crippen molar-refractivity contribution in [2.45, 2.75) is 18.8 Å². The Kier molecular flexibility index (Phi) is 6.06. The Bertz CT molecular complexity index is 1390. The van der Waals surface area contributed by atoms with Crippen LogP contribution < -0.4 is 10.5 Å². The number of rotatable bonds is 6. The fraction of sp³-hybridized carbons (Fsp3) is 0.179. The number of hydrogen-bond acceptors (Lipinski definition) is 4. The molecule has 2 amide bonds. The van der Waals surface area contributed by atoms with Crippen LogP contribution in [0.5, 0.6) is 11.5 Å². The molecule has 3 N–H and O–H groups in total. The van der Waals surface area contributed by atoms with Crippen molar-refractivity contribution >= 4 is 22.7 Å². The van der Waals surface area contributed by atoms with Crippen molar-refractivity contribution in [2.75, 3.05) is 13.1 Å². The van der Waals surface area contributed by atoms with Crippen LogP contribution in [-0.2, 0) is 4.79 Å². The zero-order valence-electron chi connectivity index (χ0n) is 19.2. The minimum atomic E-state index is -0.539. The van der Waals surface area contributed by atoms with E-state index < -0.39 is 5.91 Å². The van der Waals surface area contributed by atoms with Gasteiger partial charge in [0, 0.05) is 36.2 Å². The molecule has 176 valence electrons. The number of para-hydroxylation sites is 1. The third-order valence-corrected chi connectivity index (χ3v) is 6.46. The summed E-state index contributed by atoms with van der Waals surface area (Å²) in [6.07, 6.45) is 4.73. The number of nitrogens with zero attached hydrogens (tertiary/aromatic N) is 2. The molecule has 2 aromatic heterocycles. The summed E-state index contributed by atoms with van der Waals surface area (Å²) in [5.74, 6) is 0.991. The first kappa shape index (κ1) is 22.4. The summed E-state index contributed by atoms with van der Waals surface area (Å²) in [5.41, 5.74) is 9.11. The van der Waals surface area contributed by atoms with Crippen molar-refractivity contribution < 1.29 is 14.3 Å². The Labute approximate surface area is 203 Å². The van der Waals surface area contributed by atoms with Crippen LogP contribution in [0.1, 0.15) is 34.8 Å². The smallest absolute Gasteiger partial charge is 0.253 e. The molecular weight excluding hydrogens is 440 g/mol. The molecule has 5 rings (SSSR count). The number of carbonyl (C=O) groups excluding carboxylic acids is 2. The first-order valence-electron chi connectivity index (χ1n) is 11.6. The summed E-state index contributed by atoms with van der Waals surface area (Å²) < 4.78 is 5.90. The van der Waals surface area contributed by atoms with Crippen LogP contribution in [0.4, 0.5) is 0 Å². The Morgan fingerprint density at radius 1 is 1.03 bits per heavy atom. The van der Waals surface area contributed by atoms with Gasteiger partial charge in [0.1, 0.15) is 11.5 Å². The second kappa shape index (κ2) is 9.46. The fourth-order valence-corrected chi connectivity index (χ4v) is 4.71. The second-order valence-corrected chi connectivity index (χ2v) is 8.59. The number of likely N-dealkylation sites (tertiary alicyclic amines) is 1. The summed E-state index contributed by atoms with van der Waals surface area (Å²) in [7, 11) is 0. The normalized spacial score (nSPS) is 14.1. The predicted octanol–water partition coefficient (Wildman–Crippen LogP) is 5.01. The maximum Gasteiger partial charge on any atom is 0.253 e. The summed E-state index contributed by atoms with van der Waals surface area (Å²) in [5, 5.41) is 0.889. The lowest BCUT2D eigenvalue weighted by atomic mass is 9.89. The lowest BCUT2D eigenvalue weighted by Crippen LogP contribution is -2.37. The number of amides is 2. The Hall–Kier alpha value is -4.39. The van der Waals surface area contributed by atoms with Crippen LogP contribution in [-0.4, -0.2) is 39.8 Å². The van der Waals surface area contributed by atoms with Crippen LogP contribution in [0, 0.1) is 0 Å². The van der Waals surface area contributed by atoms with Crippen molar-refractivity contribution in [3.8, 4) is 22.8 Å². The molecule has 4 aromatic rings.